The predicted octanol–water partition coefficient (Wildman–Crippen LogP) is 3.34. The van der Waals surface area contributed by atoms with E-state index in [0.717, 1.165) is 27.8 Å². The monoisotopic (exact) mass is 264 g/mol. The fourth-order valence-electron chi connectivity index (χ4n) is 2.18. The average Bonchev–Trinajstić information content (AvgIpc) is 2.53. The van der Waals surface area contributed by atoms with Crippen molar-refractivity contribution in [2.75, 3.05) is 5.32 Å². The fourth-order valence-corrected chi connectivity index (χ4v) is 2.18. The van der Waals surface area contributed by atoms with Crippen molar-refractivity contribution in [3.05, 3.63) is 71.9 Å². The summed E-state index contributed by atoms with van der Waals surface area (Å²) in [5.74, 6) is 0. The van der Waals surface area contributed by atoms with Gasteiger partial charge in [0, 0.05) is 11.1 Å². The van der Waals surface area contributed by atoms with Crippen LogP contribution in [0.4, 0.5) is 5.69 Å². The molecule has 0 aliphatic rings. The number of para-hydroxylation sites is 1. The van der Waals surface area contributed by atoms with Crippen molar-refractivity contribution in [1.29, 1.82) is 0 Å². The lowest BCUT2D eigenvalue weighted by atomic mass is 10.2. The lowest BCUT2D eigenvalue weighted by molar-refractivity contribution is 0.282. The second-order valence-electron chi connectivity index (χ2n) is 4.71. The minimum absolute atomic E-state index is 0.0593. The van der Waals surface area contributed by atoms with E-state index in [0.29, 0.717) is 6.54 Å². The van der Waals surface area contributed by atoms with E-state index in [4.69, 9.17) is 5.11 Å². The quantitative estimate of drug-likeness (QED) is 0.759. The zero-order valence-corrected chi connectivity index (χ0v) is 11.1. The van der Waals surface area contributed by atoms with E-state index < -0.39 is 0 Å². The van der Waals surface area contributed by atoms with Crippen molar-refractivity contribution in [2.45, 2.75) is 13.2 Å². The number of aliphatic hydroxyl groups is 1. The Bertz CT molecular complexity index is 725. The molecule has 3 heteroatoms. The van der Waals surface area contributed by atoms with Crippen LogP contribution in [-0.4, -0.2) is 10.1 Å². The second kappa shape index (κ2) is 5.72. The van der Waals surface area contributed by atoms with Crippen LogP contribution in [0.5, 0.6) is 0 Å². The summed E-state index contributed by atoms with van der Waals surface area (Å²) >= 11 is 0. The molecule has 0 bridgehead atoms. The first-order valence-electron chi connectivity index (χ1n) is 6.63. The van der Waals surface area contributed by atoms with Gasteiger partial charge < -0.3 is 10.4 Å². The maximum Gasteiger partial charge on any atom is 0.0706 e. The highest BCUT2D eigenvalue weighted by atomic mass is 16.3. The number of aliphatic hydroxyl groups excluding tert-OH is 1. The van der Waals surface area contributed by atoms with Crippen molar-refractivity contribution in [3.63, 3.8) is 0 Å². The molecule has 3 aromatic rings. The third-order valence-corrected chi connectivity index (χ3v) is 3.24. The fraction of sp³-hybridized carbons (Fsp3) is 0.118. The highest BCUT2D eigenvalue weighted by Gasteiger charge is 1.99. The Morgan fingerprint density at radius 2 is 1.85 bits per heavy atom. The Morgan fingerprint density at radius 1 is 0.950 bits per heavy atom. The summed E-state index contributed by atoms with van der Waals surface area (Å²) in [5.41, 5.74) is 3.90. The minimum Gasteiger partial charge on any atom is -0.392 e. The van der Waals surface area contributed by atoms with Gasteiger partial charge in [0.1, 0.15) is 0 Å². The summed E-state index contributed by atoms with van der Waals surface area (Å²) in [4.78, 5) is 4.62. The molecule has 0 spiro atoms. The Balaban J connectivity index is 1.76. The third-order valence-electron chi connectivity index (χ3n) is 3.24. The minimum atomic E-state index is 0.0593. The van der Waals surface area contributed by atoms with Crippen LogP contribution in [-0.2, 0) is 13.2 Å². The first-order chi connectivity index (χ1) is 9.85. The smallest absolute Gasteiger partial charge is 0.0706 e. The topological polar surface area (TPSA) is 45.1 Å². The van der Waals surface area contributed by atoms with Crippen LogP contribution in [0.15, 0.2) is 60.7 Å². The van der Waals surface area contributed by atoms with Crippen LogP contribution < -0.4 is 5.32 Å². The van der Waals surface area contributed by atoms with E-state index in [1.165, 1.54) is 0 Å². The number of hydrogen-bond donors (Lipinski definition) is 2. The van der Waals surface area contributed by atoms with Gasteiger partial charge in [-0.05, 0) is 29.8 Å². The van der Waals surface area contributed by atoms with Gasteiger partial charge >= 0.3 is 0 Å². The lowest BCUT2D eigenvalue weighted by Gasteiger charge is -2.08. The van der Waals surface area contributed by atoms with Gasteiger partial charge in [0.05, 0.1) is 24.4 Å². The standard InChI is InChI=1S/C17H16N2O/c20-12-13-4-3-6-15(10-13)18-11-16-9-8-14-5-1-2-7-17(14)19-16/h1-10,18,20H,11-12H2. The maximum atomic E-state index is 9.13. The number of nitrogens with zero attached hydrogens (tertiary/aromatic N) is 1. The summed E-state index contributed by atoms with van der Waals surface area (Å²) in [6, 6.07) is 20.0. The highest BCUT2D eigenvalue weighted by molar-refractivity contribution is 5.78. The Hall–Kier alpha value is -2.39. The van der Waals surface area contributed by atoms with Crippen LogP contribution in [0, 0.1) is 0 Å². The lowest BCUT2D eigenvalue weighted by Crippen LogP contribution is -2.02. The largest absolute Gasteiger partial charge is 0.392 e. The van der Waals surface area contributed by atoms with E-state index in [1.54, 1.807) is 0 Å². The molecule has 2 aromatic carbocycles. The molecule has 3 rings (SSSR count). The van der Waals surface area contributed by atoms with Crippen LogP contribution in [0.2, 0.25) is 0 Å². The summed E-state index contributed by atoms with van der Waals surface area (Å²) in [6.45, 7) is 0.726. The Kier molecular flexibility index (Phi) is 3.61. The van der Waals surface area contributed by atoms with E-state index in [-0.39, 0.29) is 6.61 Å². The average molecular weight is 264 g/mol. The van der Waals surface area contributed by atoms with Crippen LogP contribution in [0.25, 0.3) is 10.9 Å². The van der Waals surface area contributed by atoms with Gasteiger partial charge in [-0.15, -0.1) is 0 Å². The van der Waals surface area contributed by atoms with Gasteiger partial charge in [0.2, 0.25) is 0 Å². The number of hydrogen-bond acceptors (Lipinski definition) is 3. The van der Waals surface area contributed by atoms with Gasteiger partial charge in [-0.25, -0.2) is 0 Å². The number of rotatable bonds is 4. The molecule has 20 heavy (non-hydrogen) atoms. The Labute approximate surface area is 117 Å². The number of nitrogens with one attached hydrogen (secondary N) is 1. The van der Waals surface area contributed by atoms with E-state index >= 15 is 0 Å². The SMILES string of the molecule is OCc1cccc(NCc2ccc3ccccc3n2)c1. The molecule has 1 heterocycles. The molecule has 3 nitrogen and oxygen atoms in total. The van der Waals surface area contributed by atoms with Crippen molar-refractivity contribution < 1.29 is 5.11 Å². The molecule has 2 N–H and O–H groups in total. The zero-order chi connectivity index (χ0) is 13.8. The van der Waals surface area contributed by atoms with Gasteiger partial charge in [-0.2, -0.15) is 0 Å². The van der Waals surface area contributed by atoms with Gasteiger partial charge in [0.15, 0.2) is 0 Å². The number of pyridine rings is 1. The van der Waals surface area contributed by atoms with Crippen molar-refractivity contribution in [1.82, 2.24) is 4.98 Å². The van der Waals surface area contributed by atoms with Gasteiger partial charge in [-0.1, -0.05) is 36.4 Å². The van der Waals surface area contributed by atoms with Crippen molar-refractivity contribution in [2.24, 2.45) is 0 Å². The molecular weight excluding hydrogens is 248 g/mol. The molecule has 0 fully saturated rings. The summed E-state index contributed by atoms with van der Waals surface area (Å²) in [6.07, 6.45) is 0. The first kappa shape index (κ1) is 12.6. The summed E-state index contributed by atoms with van der Waals surface area (Å²) < 4.78 is 0. The zero-order valence-electron chi connectivity index (χ0n) is 11.1. The number of anilines is 1. The van der Waals surface area contributed by atoms with Gasteiger partial charge in [-0.3, -0.25) is 4.98 Å². The number of aromatic nitrogens is 1. The molecule has 0 radical (unpaired) electrons. The molecule has 0 aliphatic heterocycles. The molecule has 1 aromatic heterocycles. The molecule has 0 aliphatic carbocycles. The number of benzene rings is 2. The van der Waals surface area contributed by atoms with E-state index in [1.807, 2.05) is 48.5 Å². The van der Waals surface area contributed by atoms with Crippen LogP contribution in [0.1, 0.15) is 11.3 Å². The highest BCUT2D eigenvalue weighted by Crippen LogP contribution is 2.14. The van der Waals surface area contributed by atoms with Crippen LogP contribution >= 0.6 is 0 Å². The molecule has 0 amide bonds. The number of fused-ring (bicyclic) bond motifs is 1. The van der Waals surface area contributed by atoms with Crippen LogP contribution in [0.3, 0.4) is 0 Å². The maximum absolute atomic E-state index is 9.13. The molecule has 0 saturated carbocycles. The van der Waals surface area contributed by atoms with E-state index in [2.05, 4.69) is 22.4 Å². The summed E-state index contributed by atoms with van der Waals surface area (Å²) in [5, 5.41) is 13.6. The second-order valence-corrected chi connectivity index (χ2v) is 4.71. The first-order valence-corrected chi connectivity index (χ1v) is 6.63. The molecule has 0 saturated heterocycles. The molecule has 100 valence electrons. The Morgan fingerprint density at radius 3 is 2.75 bits per heavy atom. The summed E-state index contributed by atoms with van der Waals surface area (Å²) in [7, 11) is 0. The van der Waals surface area contributed by atoms with Crippen molar-refractivity contribution >= 4 is 16.6 Å². The molecular formula is C17H16N2O. The normalized spacial score (nSPS) is 10.7. The predicted molar refractivity (Wildman–Crippen MR) is 81.4 cm³/mol. The van der Waals surface area contributed by atoms with E-state index in [9.17, 15) is 0 Å². The van der Waals surface area contributed by atoms with Gasteiger partial charge in [0.25, 0.3) is 0 Å². The molecule has 0 atom stereocenters. The third kappa shape index (κ3) is 2.78. The molecule has 0 unspecified atom stereocenters. The van der Waals surface area contributed by atoms with Crippen molar-refractivity contribution in [3.8, 4) is 0 Å².